The molecular formula is C32H43N3O5. The van der Waals surface area contributed by atoms with E-state index in [-0.39, 0.29) is 52.5 Å². The van der Waals surface area contributed by atoms with Crippen molar-refractivity contribution in [2.24, 2.45) is 28.6 Å². The average Bonchev–Trinajstić information content (AvgIpc) is 2.96. The Bertz CT molecular complexity index is 1170. The highest BCUT2D eigenvalue weighted by Crippen LogP contribution is 2.46. The van der Waals surface area contributed by atoms with Crippen molar-refractivity contribution in [3.63, 3.8) is 0 Å². The van der Waals surface area contributed by atoms with Gasteiger partial charge in [0, 0.05) is 24.1 Å². The van der Waals surface area contributed by atoms with E-state index in [9.17, 15) is 19.6 Å². The van der Waals surface area contributed by atoms with Crippen molar-refractivity contribution >= 4 is 18.1 Å². The Labute approximate surface area is 237 Å². The maximum Gasteiger partial charge on any atom is 0.255 e. The summed E-state index contributed by atoms with van der Waals surface area (Å²) >= 11 is 0. The van der Waals surface area contributed by atoms with Crippen LogP contribution in [0.3, 0.4) is 0 Å². The summed E-state index contributed by atoms with van der Waals surface area (Å²) in [5, 5.41) is 16.3. The van der Waals surface area contributed by atoms with Crippen LogP contribution in [0, 0.1) is 39.9 Å². The van der Waals surface area contributed by atoms with Gasteiger partial charge in [0.1, 0.15) is 23.9 Å². The second kappa shape index (κ2) is 11.4. The fourth-order valence-electron chi connectivity index (χ4n) is 7.40. The highest BCUT2D eigenvalue weighted by Gasteiger charge is 2.48. The molecule has 5 aliphatic rings. The summed E-state index contributed by atoms with van der Waals surface area (Å²) < 4.78 is 11.8. The largest absolute Gasteiger partial charge is 0.496 e. The summed E-state index contributed by atoms with van der Waals surface area (Å²) in [6.07, 6.45) is 11.3. The van der Waals surface area contributed by atoms with Crippen LogP contribution in [0.1, 0.15) is 100 Å². The van der Waals surface area contributed by atoms with Gasteiger partial charge in [-0.05, 0) is 87.5 Å². The summed E-state index contributed by atoms with van der Waals surface area (Å²) in [6, 6.07) is 5.09. The zero-order chi connectivity index (χ0) is 28.5. The minimum Gasteiger partial charge on any atom is -0.496 e. The first-order valence-corrected chi connectivity index (χ1v) is 15.0. The van der Waals surface area contributed by atoms with Crippen molar-refractivity contribution in [2.45, 2.75) is 96.6 Å². The number of methoxy groups -OCH3 is 1. The van der Waals surface area contributed by atoms with E-state index in [4.69, 9.17) is 9.47 Å². The number of hydrogen-bond donors (Lipinski definition) is 2. The van der Waals surface area contributed by atoms with Gasteiger partial charge >= 0.3 is 0 Å². The predicted molar refractivity (Wildman–Crippen MR) is 150 cm³/mol. The number of benzene rings is 1. The molecule has 5 fully saturated rings. The van der Waals surface area contributed by atoms with Crippen LogP contribution in [0.25, 0.3) is 0 Å². The molecule has 2 N–H and O–H groups in total. The summed E-state index contributed by atoms with van der Waals surface area (Å²) in [7, 11) is 1.48. The molecule has 2 amide bonds. The molecule has 2 bridgehead atoms. The number of rotatable bonds is 9. The van der Waals surface area contributed by atoms with Gasteiger partial charge in [-0.3, -0.25) is 9.59 Å². The third-order valence-corrected chi connectivity index (χ3v) is 10.4. The van der Waals surface area contributed by atoms with Crippen molar-refractivity contribution < 1.29 is 23.9 Å². The van der Waals surface area contributed by atoms with Gasteiger partial charge < -0.3 is 24.9 Å². The third-order valence-electron chi connectivity index (χ3n) is 10.4. The number of hydrogen-bond acceptors (Lipinski definition) is 6. The van der Waals surface area contributed by atoms with E-state index in [0.717, 1.165) is 57.7 Å². The SMILES string of the molecule is COc1cc(C#N)c(OC2CCC(C)(C=O)CC2)cc1C(=O)N[C@@H]1C2CCC(CC2)[C@@H]1C(=O)NCC1(C)CCC1. The lowest BCUT2D eigenvalue weighted by atomic mass is 9.61. The average molecular weight is 550 g/mol. The molecule has 0 radical (unpaired) electrons. The number of carbonyl (C=O) groups is 3. The van der Waals surface area contributed by atoms with Crippen molar-refractivity contribution in [2.75, 3.05) is 13.7 Å². The van der Waals surface area contributed by atoms with Gasteiger partial charge in [-0.2, -0.15) is 5.26 Å². The molecule has 0 heterocycles. The van der Waals surface area contributed by atoms with Crippen LogP contribution in [-0.2, 0) is 9.59 Å². The molecule has 1 aromatic carbocycles. The first-order valence-electron chi connectivity index (χ1n) is 15.0. The van der Waals surface area contributed by atoms with Crippen molar-refractivity contribution in [1.29, 1.82) is 5.26 Å². The minimum atomic E-state index is -0.333. The Hall–Kier alpha value is -3.08. The first kappa shape index (κ1) is 28.4. The van der Waals surface area contributed by atoms with Gasteiger partial charge in [-0.1, -0.05) is 20.3 Å². The number of aldehydes is 1. The van der Waals surface area contributed by atoms with Crippen LogP contribution < -0.4 is 20.1 Å². The second-order valence-corrected chi connectivity index (χ2v) is 13.3. The molecule has 5 aliphatic carbocycles. The Kier molecular flexibility index (Phi) is 8.13. The van der Waals surface area contributed by atoms with Crippen LogP contribution >= 0.6 is 0 Å². The molecule has 1 aromatic rings. The van der Waals surface area contributed by atoms with Gasteiger partial charge in [0.15, 0.2) is 0 Å². The van der Waals surface area contributed by atoms with Crippen molar-refractivity contribution in [1.82, 2.24) is 10.6 Å². The lowest BCUT2D eigenvalue weighted by molar-refractivity contribution is -0.132. The van der Waals surface area contributed by atoms with Gasteiger partial charge in [0.05, 0.1) is 30.3 Å². The maximum absolute atomic E-state index is 13.8. The Morgan fingerprint density at radius 2 is 1.70 bits per heavy atom. The van der Waals surface area contributed by atoms with Crippen LogP contribution in [0.15, 0.2) is 12.1 Å². The Morgan fingerprint density at radius 1 is 1.02 bits per heavy atom. The van der Waals surface area contributed by atoms with E-state index in [0.29, 0.717) is 42.0 Å². The van der Waals surface area contributed by atoms with Crippen LogP contribution in [0.4, 0.5) is 0 Å². The van der Waals surface area contributed by atoms with Crippen LogP contribution in [0.2, 0.25) is 0 Å². The molecular weight excluding hydrogens is 506 g/mol. The number of fused-ring (bicyclic) bond motifs is 3. The smallest absolute Gasteiger partial charge is 0.255 e. The molecule has 0 aliphatic heterocycles. The minimum absolute atomic E-state index is 0.0586. The fraction of sp³-hybridized carbons (Fsp3) is 0.688. The normalized spacial score (nSPS) is 32.2. The first-order chi connectivity index (χ1) is 19.2. The molecule has 0 aromatic heterocycles. The fourth-order valence-corrected chi connectivity index (χ4v) is 7.40. The van der Waals surface area contributed by atoms with Crippen LogP contribution in [-0.4, -0.2) is 43.9 Å². The second-order valence-electron chi connectivity index (χ2n) is 13.3. The summed E-state index contributed by atoms with van der Waals surface area (Å²) in [5.74, 6) is 0.690. The van der Waals surface area contributed by atoms with E-state index in [1.54, 1.807) is 12.1 Å². The van der Waals surface area contributed by atoms with Crippen LogP contribution in [0.5, 0.6) is 11.5 Å². The molecule has 0 spiro atoms. The molecule has 2 atom stereocenters. The highest BCUT2D eigenvalue weighted by molar-refractivity contribution is 5.98. The predicted octanol–water partition coefficient (Wildman–Crippen LogP) is 4.93. The number of carbonyl (C=O) groups excluding carboxylic acids is 3. The van der Waals surface area contributed by atoms with Gasteiger partial charge in [0.2, 0.25) is 5.91 Å². The molecule has 216 valence electrons. The molecule has 40 heavy (non-hydrogen) atoms. The van der Waals surface area contributed by atoms with Gasteiger partial charge in [-0.25, -0.2) is 0 Å². The summed E-state index contributed by atoms with van der Waals surface area (Å²) in [5.41, 5.74) is 0.461. The van der Waals surface area contributed by atoms with E-state index >= 15 is 0 Å². The van der Waals surface area contributed by atoms with Gasteiger partial charge in [-0.15, -0.1) is 0 Å². The van der Waals surface area contributed by atoms with Crippen molar-refractivity contribution in [3.8, 4) is 17.6 Å². The molecule has 0 unspecified atom stereocenters. The van der Waals surface area contributed by atoms with E-state index < -0.39 is 0 Å². The maximum atomic E-state index is 13.8. The highest BCUT2D eigenvalue weighted by atomic mass is 16.5. The monoisotopic (exact) mass is 549 g/mol. The lowest BCUT2D eigenvalue weighted by Crippen LogP contribution is -2.58. The Morgan fingerprint density at radius 3 is 2.27 bits per heavy atom. The summed E-state index contributed by atoms with van der Waals surface area (Å²) in [4.78, 5) is 38.7. The number of nitrogens with zero attached hydrogens (tertiary/aromatic N) is 1. The molecule has 8 heteroatoms. The zero-order valence-electron chi connectivity index (χ0n) is 24.1. The molecule has 8 nitrogen and oxygen atoms in total. The number of nitriles is 1. The van der Waals surface area contributed by atoms with Crippen molar-refractivity contribution in [3.05, 3.63) is 23.3 Å². The third kappa shape index (κ3) is 5.70. The van der Waals surface area contributed by atoms with E-state index in [1.165, 1.54) is 13.5 Å². The standard InChI is InChI=1S/C32H43N3O5/c1-31(11-4-12-31)18-34-30(38)27-20-5-7-21(8-6-20)28(27)35-29(37)24-16-25(22(17-33)15-26(24)39-3)40-23-9-13-32(2,19-36)14-10-23/h15-16,19-21,23,27-28H,4-14,18H2,1-3H3,(H,34,38)(H,35,37)/t20?,21?,23?,27-,28+,32?/m0/s1. The Balaban J connectivity index is 1.33. The number of ether oxygens (including phenoxy) is 2. The van der Waals surface area contributed by atoms with E-state index in [1.807, 2.05) is 6.92 Å². The zero-order valence-corrected chi connectivity index (χ0v) is 24.1. The molecule has 6 rings (SSSR count). The number of nitrogens with one attached hydrogen (secondary N) is 2. The quantitative estimate of drug-likeness (QED) is 0.422. The topological polar surface area (TPSA) is 118 Å². The van der Waals surface area contributed by atoms with Gasteiger partial charge in [0.25, 0.3) is 5.91 Å². The molecule has 5 saturated carbocycles. The lowest BCUT2D eigenvalue weighted by Gasteiger charge is -2.48. The molecule has 0 saturated heterocycles. The number of amides is 2. The van der Waals surface area contributed by atoms with E-state index in [2.05, 4.69) is 23.6 Å². The summed E-state index contributed by atoms with van der Waals surface area (Å²) in [6.45, 7) is 4.89.